The largest absolute Gasteiger partial charge is 0.494 e. The van der Waals surface area contributed by atoms with Crippen LogP contribution >= 0.6 is 0 Å². The number of sulfonamides is 2. The van der Waals surface area contributed by atoms with E-state index < -0.39 is 111 Å². The lowest BCUT2D eigenvalue weighted by Crippen LogP contribution is -2.48. The number of carbonyl (C=O) groups excluding carboxylic acids is 8. The summed E-state index contributed by atoms with van der Waals surface area (Å²) in [5.74, 6) is -3.55. The fourth-order valence-electron chi connectivity index (χ4n) is 17.1. The summed E-state index contributed by atoms with van der Waals surface area (Å²) < 4.78 is 91.6. The number of fused-ring (bicyclic) bond motifs is 6. The summed E-state index contributed by atoms with van der Waals surface area (Å²) in [5.41, 5.74) is -4.02. The number of hydrogen-bond acceptors (Lipinski definition) is 20. The molecule has 4 amide bonds. The molecule has 0 spiro atoms. The molecule has 24 nitrogen and oxygen atoms in total. The van der Waals surface area contributed by atoms with Crippen molar-refractivity contribution in [1.82, 2.24) is 29.2 Å². The number of ketones is 2. The number of nitrogens with one attached hydrogen (secondary N) is 2. The number of esters is 2. The van der Waals surface area contributed by atoms with E-state index in [0.717, 1.165) is 47.2 Å². The van der Waals surface area contributed by atoms with E-state index in [1.54, 1.807) is 77.6 Å². The molecule has 0 bridgehead atoms. The van der Waals surface area contributed by atoms with Gasteiger partial charge in [-0.05, 0) is 241 Å². The Kier molecular flexibility index (Phi) is 25.6. The Morgan fingerprint density at radius 3 is 1.26 bits per heavy atom. The van der Waals surface area contributed by atoms with Crippen LogP contribution in [0.1, 0.15) is 225 Å². The number of carbonyl (C=O) groups is 8. The Bertz CT molecular complexity index is 4220. The normalized spacial score (nSPS) is 29.9. The molecule has 14 atom stereocenters. The molecule has 0 unspecified atom stereocenters. The molecule has 4 saturated carbocycles. The van der Waals surface area contributed by atoms with Gasteiger partial charge in [0.25, 0.3) is 0 Å². The number of aromatic nitrogens is 2. The van der Waals surface area contributed by atoms with E-state index in [-0.39, 0.29) is 111 Å². The number of ether oxygens (including phenoxy) is 6. The minimum absolute atomic E-state index is 0.0659. The van der Waals surface area contributed by atoms with Crippen molar-refractivity contribution in [3.8, 4) is 23.3 Å². The van der Waals surface area contributed by atoms with Crippen molar-refractivity contribution in [2.24, 2.45) is 58.2 Å². The van der Waals surface area contributed by atoms with E-state index >= 15 is 9.59 Å². The molecule has 6 heterocycles. The summed E-state index contributed by atoms with van der Waals surface area (Å²) in [6.07, 6.45) is 17.8. The van der Waals surface area contributed by atoms with Crippen LogP contribution in [-0.2, 0) is 67.9 Å². The third-order valence-corrected chi connectivity index (χ3v) is 28.8. The Labute approximate surface area is 661 Å². The first-order valence-corrected chi connectivity index (χ1v) is 43.7. The monoisotopic (exact) mass is 1590 g/mol. The second kappa shape index (κ2) is 33.8. The number of hydrogen-bond donors (Lipinski definition) is 2. The van der Waals surface area contributed by atoms with Crippen LogP contribution in [-0.4, -0.2) is 155 Å². The van der Waals surface area contributed by atoms with Crippen molar-refractivity contribution < 1.29 is 83.6 Å². The van der Waals surface area contributed by atoms with Gasteiger partial charge in [0.05, 0.1) is 83.4 Å². The smallest absolute Gasteiger partial charge is 0.307 e. The molecular weight excluding hydrogens is 1470 g/mol. The lowest BCUT2D eigenvalue weighted by Gasteiger charge is -2.33. The van der Waals surface area contributed by atoms with Gasteiger partial charge in [0.15, 0.2) is 11.6 Å². The maximum Gasteiger partial charge on any atom is 0.307 e. The lowest BCUT2D eigenvalue weighted by atomic mass is 9.79. The summed E-state index contributed by atoms with van der Waals surface area (Å²) in [6, 6.07) is 13.0. The zero-order valence-electron chi connectivity index (χ0n) is 67.9. The van der Waals surface area contributed by atoms with Crippen molar-refractivity contribution in [1.29, 1.82) is 0 Å². The maximum atomic E-state index is 15.0. The molecule has 4 aromatic rings. The van der Waals surface area contributed by atoms with E-state index in [4.69, 9.17) is 28.4 Å². The van der Waals surface area contributed by atoms with Gasteiger partial charge in [-0.15, -0.1) is 0 Å². The molecule has 6 fully saturated rings. The minimum Gasteiger partial charge on any atom is -0.494 e. The summed E-state index contributed by atoms with van der Waals surface area (Å²) in [5, 5.41) is 3.20. The average Bonchev–Trinajstić information content (AvgIpc) is 1.57. The number of amides is 4. The fourth-order valence-corrected chi connectivity index (χ4v) is 19.7. The highest BCUT2D eigenvalue weighted by atomic mass is 32.2. The Balaban J connectivity index is 0.000000221. The van der Waals surface area contributed by atoms with Gasteiger partial charge in [-0.1, -0.05) is 64.8 Å². The summed E-state index contributed by atoms with van der Waals surface area (Å²) in [7, 11) is -7.90. The van der Waals surface area contributed by atoms with Gasteiger partial charge in [-0.2, -0.15) is 0 Å². The zero-order valence-corrected chi connectivity index (χ0v) is 69.6. The highest BCUT2D eigenvalue weighted by Crippen LogP contribution is 2.59. The van der Waals surface area contributed by atoms with Crippen LogP contribution < -0.4 is 28.4 Å². The first-order chi connectivity index (χ1) is 52.8. The molecule has 4 aliphatic heterocycles. The van der Waals surface area contributed by atoms with Crippen LogP contribution in [0.15, 0.2) is 85.2 Å². The zero-order chi connectivity index (χ0) is 81.3. The summed E-state index contributed by atoms with van der Waals surface area (Å²) in [6.45, 7) is 27.3. The molecule has 0 radical (unpaired) electrons. The van der Waals surface area contributed by atoms with Gasteiger partial charge in [-0.25, -0.2) is 26.8 Å². The van der Waals surface area contributed by atoms with Gasteiger partial charge >= 0.3 is 11.9 Å². The predicted molar refractivity (Wildman–Crippen MR) is 424 cm³/mol. The Morgan fingerprint density at radius 2 is 0.920 bits per heavy atom. The van der Waals surface area contributed by atoms with Crippen molar-refractivity contribution >= 4 is 88.7 Å². The molecule has 2 aromatic heterocycles. The third kappa shape index (κ3) is 19.7. The molecular formula is C86H118N6O18S2. The second-order valence-corrected chi connectivity index (χ2v) is 40.0. The van der Waals surface area contributed by atoms with Crippen LogP contribution in [0.4, 0.5) is 0 Å². The third-order valence-electron chi connectivity index (χ3n) is 24.5. The minimum atomic E-state index is -3.95. The second-order valence-electron chi connectivity index (χ2n) is 35.6. The number of nitrogens with zero attached hydrogens (tertiary/aromatic N) is 4. The Morgan fingerprint density at radius 1 is 0.545 bits per heavy atom. The molecule has 4 aliphatic carbocycles. The van der Waals surface area contributed by atoms with Crippen LogP contribution in [0.25, 0.3) is 21.5 Å². The van der Waals surface area contributed by atoms with Crippen LogP contribution in [0.5, 0.6) is 23.3 Å². The molecule has 2 saturated heterocycles. The molecule has 12 rings (SSSR count). The van der Waals surface area contributed by atoms with Gasteiger partial charge < -0.3 is 38.2 Å². The first kappa shape index (κ1) is 84.9. The number of pyridine rings is 2. The van der Waals surface area contributed by atoms with Gasteiger partial charge in [0, 0.05) is 48.8 Å². The predicted octanol–water partition coefficient (Wildman–Crippen LogP) is 13.4. The number of benzene rings is 2. The Hall–Kier alpha value is -8.00. The van der Waals surface area contributed by atoms with Crippen molar-refractivity contribution in [3.05, 3.63) is 85.2 Å². The van der Waals surface area contributed by atoms with Crippen molar-refractivity contribution in [3.63, 3.8) is 0 Å². The fraction of sp³-hybridized carbons (Fsp3) is 0.651. The van der Waals surface area contributed by atoms with Crippen LogP contribution in [0, 0.1) is 58.2 Å². The van der Waals surface area contributed by atoms with E-state index in [1.807, 2.05) is 101 Å². The number of Topliss-reactive ketones (excluding diaryl/α,β-unsaturated/α-hetero) is 2. The molecule has 2 N–H and O–H groups in total. The first-order valence-electron chi connectivity index (χ1n) is 40.7. The number of allylic oxidation sites excluding steroid dienone is 4. The molecule has 612 valence electrons. The van der Waals surface area contributed by atoms with E-state index in [0.29, 0.717) is 101 Å². The average molecular weight is 1590 g/mol. The molecule has 26 heteroatoms. The summed E-state index contributed by atoms with van der Waals surface area (Å²) in [4.78, 5) is 127. The van der Waals surface area contributed by atoms with Crippen LogP contribution in [0.2, 0.25) is 0 Å². The van der Waals surface area contributed by atoms with Crippen molar-refractivity contribution in [2.45, 2.75) is 270 Å². The molecule has 2 aromatic carbocycles. The highest BCUT2D eigenvalue weighted by molar-refractivity contribution is 7.92. The van der Waals surface area contributed by atoms with E-state index in [1.165, 1.54) is 0 Å². The van der Waals surface area contributed by atoms with Crippen molar-refractivity contribution in [2.75, 3.05) is 26.3 Å². The van der Waals surface area contributed by atoms with E-state index in [2.05, 4.69) is 33.3 Å². The lowest BCUT2D eigenvalue weighted by molar-refractivity contribution is -0.160. The maximum absolute atomic E-state index is 15.0. The summed E-state index contributed by atoms with van der Waals surface area (Å²) >= 11 is 0. The quantitative estimate of drug-likeness (QED) is 0.0613. The van der Waals surface area contributed by atoms with Gasteiger partial charge in [0.1, 0.15) is 34.9 Å². The molecule has 8 aliphatic rings. The van der Waals surface area contributed by atoms with Gasteiger partial charge in [0.2, 0.25) is 55.4 Å². The number of rotatable bonds is 20. The standard InChI is InChI=1S/2C43H59N3O9S/c2*1-8-28-20-27(3)12-10-11-13-30-24-43(30,40(50)45-56(51,52)42(7)17-18-42)25-36(47)35-22-32(26-46(35)39(49)34(28)23-37(48)55-41(4,5)6)54-38-33-15-14-31(53-9-2)21-29(33)16-19-44-38/h2*11,13-16,19,21,27-28,30,32,34-35H,8-10,12,17-18,20,22-26H2,1-7H3,(H,45,50)/b2*13-11-/t27-,28+,30+,32+,34-,35-,43+;27-,28-,30-,32-,34+,35+,43-/m01/s1. The highest BCUT2D eigenvalue weighted by Gasteiger charge is 2.65. The van der Waals surface area contributed by atoms with Crippen LogP contribution in [0.3, 0.4) is 0 Å². The topological polar surface area (TPSA) is 317 Å². The SMILES string of the molecule is CCOc1ccc2c(O[C@@H]3C[C@H]4C(=O)C[C@]5(C(=O)NS(=O)(=O)C6(C)CC6)C[C@H]5/C=C\CC[C@@H](C)C[C@@H](CC)[C@H](CC(=O)OC(C)(C)C)C(=O)N4C3)nccc2c1.CCOc1ccc2c(O[C@@H]3C[C@H]4C(=O)C[C@]5(C(=O)NS(=O)(=O)C6(C)CC6)C[C@H]5/C=C\CC[C@H](C)C[C@@H](CC)[C@H](CC(=O)OC(C)(C)C)C(=O)N4C3)nccc2c1. The molecule has 112 heavy (non-hydrogen) atoms. The van der Waals surface area contributed by atoms with Gasteiger partial charge in [-0.3, -0.25) is 47.8 Å². The van der Waals surface area contributed by atoms with E-state index in [9.17, 15) is 45.6 Å².